The quantitative estimate of drug-likeness (QED) is 0.647. The van der Waals surface area contributed by atoms with Crippen molar-refractivity contribution in [2.24, 2.45) is 0 Å². The number of para-hydroxylation sites is 3. The van der Waals surface area contributed by atoms with Crippen LogP contribution in [0.2, 0.25) is 0 Å². The Morgan fingerprint density at radius 1 is 1.00 bits per heavy atom. The Labute approximate surface area is 158 Å². The topological polar surface area (TPSA) is 72.5 Å². The van der Waals surface area contributed by atoms with Crippen molar-refractivity contribution in [3.05, 3.63) is 72.4 Å². The lowest BCUT2D eigenvalue weighted by Crippen LogP contribution is -2.14. The summed E-state index contributed by atoms with van der Waals surface area (Å²) in [7, 11) is 1.53. The summed E-state index contributed by atoms with van der Waals surface area (Å²) in [6, 6.07) is 18.3. The molecule has 2 N–H and O–H groups in total. The Bertz CT molecular complexity index is 911. The van der Waals surface area contributed by atoms with Crippen molar-refractivity contribution in [2.45, 2.75) is 6.92 Å². The fourth-order valence-corrected chi connectivity index (χ4v) is 2.56. The van der Waals surface area contributed by atoms with E-state index in [1.165, 1.54) is 7.11 Å². The number of carbonyl (C=O) groups excluding carboxylic acids is 1. The first-order valence-electron chi connectivity index (χ1n) is 8.60. The molecule has 138 valence electrons. The van der Waals surface area contributed by atoms with Crippen LogP contribution >= 0.6 is 0 Å². The molecule has 0 bridgehead atoms. The summed E-state index contributed by atoms with van der Waals surface area (Å²) in [6.07, 6.45) is 1.65. The van der Waals surface area contributed by atoms with Crippen LogP contribution in [0.4, 0.5) is 17.2 Å². The normalized spacial score (nSPS) is 10.1. The number of hydrogen-bond acceptors (Lipinski definition) is 5. The fourth-order valence-electron chi connectivity index (χ4n) is 2.56. The Hall–Kier alpha value is -3.54. The zero-order valence-electron chi connectivity index (χ0n) is 15.2. The van der Waals surface area contributed by atoms with Gasteiger partial charge in [-0.2, -0.15) is 0 Å². The molecule has 0 saturated carbocycles. The number of hydrogen-bond donors (Lipinski definition) is 2. The number of amides is 1. The van der Waals surface area contributed by atoms with Gasteiger partial charge in [-0.25, -0.2) is 4.98 Å². The lowest BCUT2D eigenvalue weighted by Gasteiger charge is -2.12. The number of ether oxygens (including phenoxy) is 2. The maximum atomic E-state index is 12.4. The number of rotatable bonds is 7. The van der Waals surface area contributed by atoms with E-state index in [0.29, 0.717) is 23.7 Å². The molecule has 1 heterocycles. The molecular weight excluding hydrogens is 342 g/mol. The highest BCUT2D eigenvalue weighted by molar-refractivity contribution is 6.05. The third kappa shape index (κ3) is 4.55. The molecule has 0 fully saturated rings. The zero-order chi connectivity index (χ0) is 19.1. The first-order chi connectivity index (χ1) is 13.2. The molecule has 0 spiro atoms. The minimum absolute atomic E-state index is 0.276. The summed E-state index contributed by atoms with van der Waals surface area (Å²) in [5.74, 6) is 1.46. The summed E-state index contributed by atoms with van der Waals surface area (Å²) in [5.41, 5.74) is 2.10. The predicted octanol–water partition coefficient (Wildman–Crippen LogP) is 4.48. The van der Waals surface area contributed by atoms with E-state index in [1.54, 1.807) is 30.5 Å². The van der Waals surface area contributed by atoms with Gasteiger partial charge in [0.05, 0.1) is 36.9 Å². The lowest BCUT2D eigenvalue weighted by molar-refractivity contribution is 0.102. The molecule has 3 aromatic rings. The minimum Gasteiger partial charge on any atom is -0.496 e. The molecule has 0 unspecified atom stereocenters. The Balaban J connectivity index is 1.70. The number of benzene rings is 2. The first-order valence-corrected chi connectivity index (χ1v) is 8.60. The molecule has 6 nitrogen and oxygen atoms in total. The fraction of sp³-hybridized carbons (Fsp3) is 0.143. The van der Waals surface area contributed by atoms with Crippen LogP contribution in [0.5, 0.6) is 11.5 Å². The lowest BCUT2D eigenvalue weighted by atomic mass is 10.2. The van der Waals surface area contributed by atoms with Crippen LogP contribution in [0, 0.1) is 0 Å². The number of carbonyl (C=O) groups is 1. The van der Waals surface area contributed by atoms with E-state index >= 15 is 0 Å². The third-order valence-electron chi connectivity index (χ3n) is 3.82. The van der Waals surface area contributed by atoms with Crippen LogP contribution in [-0.4, -0.2) is 24.6 Å². The van der Waals surface area contributed by atoms with Gasteiger partial charge in [-0.05, 0) is 43.3 Å². The Morgan fingerprint density at radius 2 is 1.74 bits per heavy atom. The molecule has 0 radical (unpaired) electrons. The summed E-state index contributed by atoms with van der Waals surface area (Å²) in [4.78, 5) is 16.7. The highest BCUT2D eigenvalue weighted by atomic mass is 16.5. The number of aromatic nitrogens is 1. The molecule has 0 atom stereocenters. The second-order valence-corrected chi connectivity index (χ2v) is 5.64. The molecule has 2 aromatic carbocycles. The molecule has 0 saturated heterocycles. The van der Waals surface area contributed by atoms with Gasteiger partial charge in [-0.1, -0.05) is 24.3 Å². The van der Waals surface area contributed by atoms with Crippen molar-refractivity contribution in [1.29, 1.82) is 0 Å². The van der Waals surface area contributed by atoms with Gasteiger partial charge in [0, 0.05) is 0 Å². The summed E-state index contributed by atoms with van der Waals surface area (Å²) in [6.45, 7) is 2.53. The van der Waals surface area contributed by atoms with Gasteiger partial charge in [0.1, 0.15) is 17.3 Å². The molecule has 0 aliphatic rings. The molecular formula is C21H21N3O3. The van der Waals surface area contributed by atoms with Gasteiger partial charge in [0.2, 0.25) is 0 Å². The van der Waals surface area contributed by atoms with Crippen molar-refractivity contribution in [2.75, 3.05) is 24.4 Å². The predicted molar refractivity (Wildman–Crippen MR) is 106 cm³/mol. The molecule has 0 aliphatic heterocycles. The van der Waals surface area contributed by atoms with Crippen molar-refractivity contribution in [3.63, 3.8) is 0 Å². The van der Waals surface area contributed by atoms with Crippen molar-refractivity contribution < 1.29 is 14.3 Å². The molecule has 3 rings (SSSR count). The van der Waals surface area contributed by atoms with E-state index in [9.17, 15) is 4.79 Å². The third-order valence-corrected chi connectivity index (χ3v) is 3.82. The molecule has 27 heavy (non-hydrogen) atoms. The standard InChI is InChI=1S/C21H21N3O3/c1-3-27-19-11-7-5-9-17(19)23-15-12-13-20(22-14-15)24-21(25)16-8-4-6-10-18(16)26-2/h4-14,23H,3H2,1-2H3,(H,22,24,25). The first kappa shape index (κ1) is 18.3. The average molecular weight is 363 g/mol. The Morgan fingerprint density at radius 3 is 2.44 bits per heavy atom. The maximum Gasteiger partial charge on any atom is 0.260 e. The minimum atomic E-state index is -0.276. The summed E-state index contributed by atoms with van der Waals surface area (Å²) >= 11 is 0. The van der Waals surface area contributed by atoms with Crippen molar-refractivity contribution in [1.82, 2.24) is 4.98 Å². The van der Waals surface area contributed by atoms with E-state index in [2.05, 4.69) is 15.6 Å². The van der Waals surface area contributed by atoms with E-state index in [1.807, 2.05) is 43.3 Å². The van der Waals surface area contributed by atoms with Gasteiger partial charge < -0.3 is 20.1 Å². The van der Waals surface area contributed by atoms with Crippen LogP contribution in [-0.2, 0) is 0 Å². The van der Waals surface area contributed by atoms with Gasteiger partial charge in [-0.3, -0.25) is 4.79 Å². The monoisotopic (exact) mass is 363 g/mol. The molecule has 1 aromatic heterocycles. The second kappa shape index (κ2) is 8.71. The average Bonchev–Trinajstić information content (AvgIpc) is 2.71. The molecule has 1 amide bonds. The van der Waals surface area contributed by atoms with Gasteiger partial charge in [0.15, 0.2) is 0 Å². The largest absolute Gasteiger partial charge is 0.496 e. The number of pyridine rings is 1. The molecule has 6 heteroatoms. The van der Waals surface area contributed by atoms with Crippen molar-refractivity contribution >= 4 is 23.1 Å². The summed E-state index contributed by atoms with van der Waals surface area (Å²) < 4.78 is 10.8. The van der Waals surface area contributed by atoms with Crippen molar-refractivity contribution in [3.8, 4) is 11.5 Å². The highest BCUT2D eigenvalue weighted by Crippen LogP contribution is 2.27. The zero-order valence-corrected chi connectivity index (χ0v) is 15.2. The van der Waals surface area contributed by atoms with Crippen LogP contribution < -0.4 is 20.1 Å². The van der Waals surface area contributed by atoms with Gasteiger partial charge in [0.25, 0.3) is 5.91 Å². The van der Waals surface area contributed by atoms with E-state index in [-0.39, 0.29) is 5.91 Å². The van der Waals surface area contributed by atoms with Gasteiger partial charge >= 0.3 is 0 Å². The number of nitrogens with one attached hydrogen (secondary N) is 2. The Kier molecular flexibility index (Phi) is 5.89. The van der Waals surface area contributed by atoms with E-state index < -0.39 is 0 Å². The van der Waals surface area contributed by atoms with E-state index in [4.69, 9.17) is 9.47 Å². The SMILES string of the molecule is CCOc1ccccc1Nc1ccc(NC(=O)c2ccccc2OC)nc1. The van der Waals surface area contributed by atoms with Crippen LogP contribution in [0.25, 0.3) is 0 Å². The van der Waals surface area contributed by atoms with E-state index in [0.717, 1.165) is 17.1 Å². The molecule has 0 aliphatic carbocycles. The van der Waals surface area contributed by atoms with Crippen LogP contribution in [0.15, 0.2) is 66.9 Å². The smallest absolute Gasteiger partial charge is 0.260 e. The maximum absolute atomic E-state index is 12.4. The van der Waals surface area contributed by atoms with Crippen LogP contribution in [0.3, 0.4) is 0 Å². The highest BCUT2D eigenvalue weighted by Gasteiger charge is 2.12. The number of nitrogens with zero attached hydrogens (tertiary/aromatic N) is 1. The second-order valence-electron chi connectivity index (χ2n) is 5.64. The van der Waals surface area contributed by atoms with Gasteiger partial charge in [-0.15, -0.1) is 0 Å². The number of methoxy groups -OCH3 is 1. The number of anilines is 3. The van der Waals surface area contributed by atoms with Crippen LogP contribution in [0.1, 0.15) is 17.3 Å². The summed E-state index contributed by atoms with van der Waals surface area (Å²) in [5, 5.41) is 6.04.